The molecule has 0 bridgehead atoms. The van der Waals surface area contributed by atoms with Gasteiger partial charge in [-0.2, -0.15) is 0 Å². The van der Waals surface area contributed by atoms with Gasteiger partial charge in [-0.25, -0.2) is 4.79 Å². The van der Waals surface area contributed by atoms with E-state index in [2.05, 4.69) is 6.92 Å². The fourth-order valence-corrected chi connectivity index (χ4v) is 7.31. The molecule has 0 spiro atoms. The second-order valence-electron chi connectivity index (χ2n) is 9.99. The molecule has 0 aromatic carbocycles. The van der Waals surface area contributed by atoms with E-state index in [4.69, 9.17) is 0 Å². The second-order valence-corrected chi connectivity index (χ2v) is 9.99. The molecule has 154 valence electrons. The maximum absolute atomic E-state index is 11.9. The predicted molar refractivity (Wildman–Crippen MR) is 101 cm³/mol. The van der Waals surface area contributed by atoms with Gasteiger partial charge < -0.3 is 20.4 Å². The molecule has 8 atom stereocenters. The van der Waals surface area contributed by atoms with E-state index in [1.807, 2.05) is 13.0 Å². The number of carboxylic acids is 1. The Labute approximate surface area is 165 Å². The van der Waals surface area contributed by atoms with E-state index in [-0.39, 0.29) is 36.4 Å². The number of carboxylic acid groups (broad SMARTS) is 1. The van der Waals surface area contributed by atoms with Crippen LogP contribution in [0.5, 0.6) is 0 Å². The van der Waals surface area contributed by atoms with Gasteiger partial charge in [-0.1, -0.05) is 25.5 Å². The summed E-state index contributed by atoms with van der Waals surface area (Å²) in [6.45, 7) is 5.06. The minimum absolute atomic E-state index is 0.00104. The van der Waals surface area contributed by atoms with Crippen molar-refractivity contribution in [1.29, 1.82) is 0 Å². The van der Waals surface area contributed by atoms with E-state index >= 15 is 0 Å². The minimum atomic E-state index is -2.29. The quantitative estimate of drug-likeness (QED) is 0.572. The molecule has 0 aromatic rings. The van der Waals surface area contributed by atoms with E-state index < -0.39 is 34.1 Å². The summed E-state index contributed by atoms with van der Waals surface area (Å²) < 4.78 is 0. The first kappa shape index (κ1) is 19.8. The summed E-state index contributed by atoms with van der Waals surface area (Å²) in [6, 6.07) is 0. The van der Waals surface area contributed by atoms with Crippen LogP contribution in [0, 0.1) is 28.6 Å². The first-order valence-electron chi connectivity index (χ1n) is 10.2. The van der Waals surface area contributed by atoms with Gasteiger partial charge in [-0.05, 0) is 63.0 Å². The standard InChI is InChI=1S/C22H30O6/c1-19-8-6-13(23)10-12(19)4-5-14-15-7-9-22(28,21(3,27)18(25)26)20(15,2)11-16(24)17(14)19/h6,8,10,14-17,24,27-28H,4-5,7,9,11H2,1-3H3,(H,25,26)/t14-,15-,16-,17+,19-,20-,21?,22+/m0/s1. The topological polar surface area (TPSA) is 115 Å². The van der Waals surface area contributed by atoms with Crippen molar-refractivity contribution in [3.8, 4) is 0 Å². The largest absolute Gasteiger partial charge is 0.479 e. The first-order chi connectivity index (χ1) is 12.9. The van der Waals surface area contributed by atoms with Crippen molar-refractivity contribution < 1.29 is 30.0 Å². The highest BCUT2D eigenvalue weighted by molar-refractivity contribution is 6.01. The van der Waals surface area contributed by atoms with Crippen molar-refractivity contribution in [3.63, 3.8) is 0 Å². The van der Waals surface area contributed by atoms with E-state index in [1.165, 1.54) is 6.92 Å². The summed E-state index contributed by atoms with van der Waals surface area (Å²) in [7, 11) is 0. The summed E-state index contributed by atoms with van der Waals surface area (Å²) in [5, 5.41) is 43.0. The number of fused-ring (bicyclic) bond motifs is 5. The summed E-state index contributed by atoms with van der Waals surface area (Å²) in [5.74, 6) is -1.46. The molecule has 3 fully saturated rings. The number of aliphatic carboxylic acids is 1. The molecule has 4 aliphatic carbocycles. The molecule has 4 rings (SSSR count). The molecule has 4 aliphatic rings. The van der Waals surface area contributed by atoms with Crippen LogP contribution in [-0.4, -0.2) is 49.5 Å². The Kier molecular flexibility index (Phi) is 4.08. The lowest BCUT2D eigenvalue weighted by atomic mass is 9.45. The molecule has 6 heteroatoms. The van der Waals surface area contributed by atoms with Gasteiger partial charge in [-0.3, -0.25) is 4.79 Å². The van der Waals surface area contributed by atoms with Gasteiger partial charge in [0.05, 0.1) is 6.10 Å². The normalized spacial score (nSPS) is 49.5. The summed E-state index contributed by atoms with van der Waals surface area (Å²) in [6.07, 6.45) is 7.00. The molecule has 28 heavy (non-hydrogen) atoms. The third kappa shape index (κ3) is 2.20. The summed E-state index contributed by atoms with van der Waals surface area (Å²) in [5.41, 5.74) is -4.36. The Morgan fingerprint density at radius 3 is 2.61 bits per heavy atom. The number of ketones is 1. The fourth-order valence-electron chi connectivity index (χ4n) is 7.31. The molecule has 4 N–H and O–H groups in total. The SMILES string of the molecule is CC(O)(C(=O)O)[C@@]1(O)CC[C@H]2[C@@H]3CCC4=CC(=O)C=C[C@]4(C)[C@H]3[C@@H](O)C[C@@]21C. The van der Waals surface area contributed by atoms with Crippen molar-refractivity contribution in [2.45, 2.75) is 70.2 Å². The van der Waals surface area contributed by atoms with Crippen LogP contribution in [0.15, 0.2) is 23.8 Å². The number of carbonyl (C=O) groups is 2. The van der Waals surface area contributed by atoms with Crippen LogP contribution >= 0.6 is 0 Å². The van der Waals surface area contributed by atoms with Crippen LogP contribution in [0.2, 0.25) is 0 Å². The van der Waals surface area contributed by atoms with Gasteiger partial charge in [0, 0.05) is 16.7 Å². The average molecular weight is 390 g/mol. The first-order valence-corrected chi connectivity index (χ1v) is 10.2. The van der Waals surface area contributed by atoms with E-state index in [0.29, 0.717) is 6.42 Å². The highest BCUT2D eigenvalue weighted by atomic mass is 16.4. The highest BCUT2D eigenvalue weighted by Gasteiger charge is 2.71. The van der Waals surface area contributed by atoms with E-state index in [1.54, 1.807) is 12.2 Å². The molecule has 0 aliphatic heterocycles. The van der Waals surface area contributed by atoms with E-state index in [9.17, 15) is 30.0 Å². The molecule has 0 radical (unpaired) electrons. The summed E-state index contributed by atoms with van der Waals surface area (Å²) in [4.78, 5) is 23.6. The van der Waals surface area contributed by atoms with E-state index in [0.717, 1.165) is 18.4 Å². The van der Waals surface area contributed by atoms with Crippen LogP contribution < -0.4 is 0 Å². The zero-order chi connectivity index (χ0) is 20.7. The Morgan fingerprint density at radius 1 is 1.29 bits per heavy atom. The van der Waals surface area contributed by atoms with Crippen molar-refractivity contribution in [1.82, 2.24) is 0 Å². The number of aliphatic hydroxyl groups is 3. The van der Waals surface area contributed by atoms with Gasteiger partial charge in [-0.15, -0.1) is 0 Å². The Balaban J connectivity index is 1.76. The fraction of sp³-hybridized carbons (Fsp3) is 0.727. The van der Waals surface area contributed by atoms with Crippen LogP contribution in [0.1, 0.15) is 52.9 Å². The molecule has 1 unspecified atom stereocenters. The molecule has 0 saturated heterocycles. The van der Waals surface area contributed by atoms with Crippen molar-refractivity contribution in [2.75, 3.05) is 0 Å². The minimum Gasteiger partial charge on any atom is -0.479 e. The number of allylic oxidation sites excluding steroid dienone is 4. The number of hydrogen-bond acceptors (Lipinski definition) is 5. The Morgan fingerprint density at radius 2 is 1.96 bits per heavy atom. The van der Waals surface area contributed by atoms with Crippen molar-refractivity contribution in [3.05, 3.63) is 23.8 Å². The third-order valence-corrected chi connectivity index (χ3v) is 8.87. The summed E-state index contributed by atoms with van der Waals surface area (Å²) >= 11 is 0. The number of hydrogen-bond donors (Lipinski definition) is 4. The highest BCUT2D eigenvalue weighted by Crippen LogP contribution is 2.68. The number of carbonyl (C=O) groups excluding carboxylic acids is 1. The van der Waals surface area contributed by atoms with Gasteiger partial charge in [0.15, 0.2) is 11.4 Å². The number of aliphatic hydroxyl groups excluding tert-OH is 1. The van der Waals surface area contributed by atoms with Crippen LogP contribution in [0.3, 0.4) is 0 Å². The molecule has 0 amide bonds. The Hall–Kier alpha value is -1.50. The maximum atomic E-state index is 11.9. The molecular weight excluding hydrogens is 360 g/mol. The smallest absolute Gasteiger partial charge is 0.338 e. The average Bonchev–Trinajstić information content (AvgIpc) is 2.87. The zero-order valence-electron chi connectivity index (χ0n) is 16.7. The predicted octanol–water partition coefficient (Wildman–Crippen LogP) is 1.83. The van der Waals surface area contributed by atoms with Crippen molar-refractivity contribution >= 4 is 11.8 Å². The molecule has 0 aromatic heterocycles. The lowest BCUT2D eigenvalue weighted by molar-refractivity contribution is -0.236. The van der Waals surface area contributed by atoms with Gasteiger partial charge in [0.2, 0.25) is 0 Å². The third-order valence-electron chi connectivity index (χ3n) is 8.87. The van der Waals surface area contributed by atoms with Gasteiger partial charge in [0.1, 0.15) is 5.60 Å². The molecule has 0 heterocycles. The molecular formula is C22H30O6. The maximum Gasteiger partial charge on any atom is 0.338 e. The Bertz CT molecular complexity index is 797. The van der Waals surface area contributed by atoms with Crippen LogP contribution in [0.4, 0.5) is 0 Å². The number of rotatable bonds is 2. The monoisotopic (exact) mass is 390 g/mol. The molecule has 3 saturated carbocycles. The lowest BCUT2D eigenvalue weighted by Gasteiger charge is -2.61. The molecule has 6 nitrogen and oxygen atoms in total. The van der Waals surface area contributed by atoms with Crippen LogP contribution in [-0.2, 0) is 9.59 Å². The van der Waals surface area contributed by atoms with Gasteiger partial charge in [0.25, 0.3) is 0 Å². The lowest BCUT2D eigenvalue weighted by Crippen LogP contribution is -2.67. The van der Waals surface area contributed by atoms with Crippen molar-refractivity contribution in [2.24, 2.45) is 28.6 Å². The van der Waals surface area contributed by atoms with Crippen LogP contribution in [0.25, 0.3) is 0 Å². The zero-order valence-corrected chi connectivity index (χ0v) is 16.7. The second kappa shape index (κ2) is 5.77. The van der Waals surface area contributed by atoms with Gasteiger partial charge >= 0.3 is 5.97 Å².